The Morgan fingerprint density at radius 1 is 1.04 bits per heavy atom. The van der Waals surface area contributed by atoms with Gasteiger partial charge in [0, 0.05) is 28.4 Å². The van der Waals surface area contributed by atoms with E-state index in [1.807, 2.05) is 35.8 Å². The number of hydrogen-bond donors (Lipinski definition) is 0. The number of nitrogens with zero attached hydrogens (tertiary/aromatic N) is 3. The predicted molar refractivity (Wildman–Crippen MR) is 93.0 cm³/mol. The number of pyridine rings is 1. The third-order valence-corrected chi connectivity index (χ3v) is 4.54. The molecule has 23 heavy (non-hydrogen) atoms. The lowest BCUT2D eigenvalue weighted by molar-refractivity contribution is 0.415. The molecule has 0 bridgehead atoms. The molecule has 1 aromatic carbocycles. The maximum atomic E-state index is 5.22. The van der Waals surface area contributed by atoms with Gasteiger partial charge in [-0.2, -0.15) is 0 Å². The molecule has 3 aromatic heterocycles. The molecular formula is C18H15N3OS. The summed E-state index contributed by atoms with van der Waals surface area (Å²) in [6.45, 7) is 2.09. The van der Waals surface area contributed by atoms with Gasteiger partial charge in [-0.05, 0) is 43.3 Å². The highest BCUT2D eigenvalue weighted by Crippen LogP contribution is 2.27. The molecule has 0 spiro atoms. The summed E-state index contributed by atoms with van der Waals surface area (Å²) in [5, 5.41) is 2.05. The third kappa shape index (κ3) is 2.39. The van der Waals surface area contributed by atoms with Gasteiger partial charge in [0.2, 0.25) is 0 Å². The van der Waals surface area contributed by atoms with Crippen molar-refractivity contribution in [2.24, 2.45) is 0 Å². The van der Waals surface area contributed by atoms with Crippen molar-refractivity contribution >= 4 is 17.0 Å². The molecule has 3 heterocycles. The molecule has 0 saturated heterocycles. The number of fused-ring (bicyclic) bond motifs is 1. The van der Waals surface area contributed by atoms with Gasteiger partial charge < -0.3 is 9.14 Å². The zero-order chi connectivity index (χ0) is 15.8. The molecule has 0 fully saturated rings. The SMILES string of the molecule is COc1ccc(-c2nc3ccc(-c4cscn4)cn3c2C)cc1. The van der Waals surface area contributed by atoms with Crippen molar-refractivity contribution in [1.82, 2.24) is 14.4 Å². The predicted octanol–water partition coefficient (Wildman–Crippen LogP) is 4.44. The maximum Gasteiger partial charge on any atom is 0.137 e. The van der Waals surface area contributed by atoms with E-state index >= 15 is 0 Å². The summed E-state index contributed by atoms with van der Waals surface area (Å²) in [7, 11) is 1.67. The summed E-state index contributed by atoms with van der Waals surface area (Å²) in [5.74, 6) is 0.848. The molecule has 0 aliphatic rings. The van der Waals surface area contributed by atoms with E-state index in [1.54, 1.807) is 18.4 Å². The second kappa shape index (κ2) is 5.52. The summed E-state index contributed by atoms with van der Waals surface area (Å²) >= 11 is 1.60. The number of benzene rings is 1. The first-order chi connectivity index (χ1) is 11.3. The van der Waals surface area contributed by atoms with E-state index in [-0.39, 0.29) is 0 Å². The fourth-order valence-corrected chi connectivity index (χ4v) is 3.25. The van der Waals surface area contributed by atoms with Crippen LogP contribution in [0.1, 0.15) is 5.69 Å². The summed E-state index contributed by atoms with van der Waals surface area (Å²) in [6, 6.07) is 12.1. The fraction of sp³-hybridized carbons (Fsp3) is 0.111. The summed E-state index contributed by atoms with van der Waals surface area (Å²) in [5.41, 5.74) is 8.07. The van der Waals surface area contributed by atoms with Gasteiger partial charge in [0.15, 0.2) is 0 Å². The van der Waals surface area contributed by atoms with Crippen LogP contribution in [-0.4, -0.2) is 21.5 Å². The van der Waals surface area contributed by atoms with Crippen LogP contribution in [-0.2, 0) is 0 Å². The highest BCUT2D eigenvalue weighted by molar-refractivity contribution is 7.07. The first kappa shape index (κ1) is 14.0. The van der Waals surface area contributed by atoms with Crippen LogP contribution in [0.4, 0.5) is 0 Å². The van der Waals surface area contributed by atoms with Crippen molar-refractivity contribution in [2.75, 3.05) is 7.11 Å². The Kier molecular flexibility index (Phi) is 3.35. The van der Waals surface area contributed by atoms with E-state index in [1.165, 1.54) is 0 Å². The minimum Gasteiger partial charge on any atom is -0.497 e. The zero-order valence-corrected chi connectivity index (χ0v) is 13.7. The van der Waals surface area contributed by atoms with Gasteiger partial charge in [-0.1, -0.05) is 0 Å². The van der Waals surface area contributed by atoms with Crippen LogP contribution < -0.4 is 4.74 Å². The third-order valence-electron chi connectivity index (χ3n) is 3.95. The van der Waals surface area contributed by atoms with Crippen LogP contribution in [0.25, 0.3) is 28.2 Å². The van der Waals surface area contributed by atoms with Crippen LogP contribution in [0.2, 0.25) is 0 Å². The largest absolute Gasteiger partial charge is 0.497 e. The summed E-state index contributed by atoms with van der Waals surface area (Å²) < 4.78 is 7.34. The van der Waals surface area contributed by atoms with Gasteiger partial charge in [0.05, 0.1) is 24.0 Å². The van der Waals surface area contributed by atoms with Crippen molar-refractivity contribution in [2.45, 2.75) is 6.92 Å². The molecule has 5 heteroatoms. The molecule has 0 aliphatic heterocycles. The standard InChI is InChI=1S/C18H15N3OS/c1-12-18(13-3-6-15(22-2)7-4-13)20-17-8-5-14(9-21(12)17)16-10-23-11-19-16/h3-11H,1-2H3. The van der Waals surface area contributed by atoms with Gasteiger partial charge in [0.1, 0.15) is 11.4 Å². The Morgan fingerprint density at radius 2 is 1.83 bits per heavy atom. The average molecular weight is 321 g/mol. The second-order valence-corrected chi connectivity index (χ2v) is 6.01. The van der Waals surface area contributed by atoms with E-state index in [0.717, 1.165) is 39.6 Å². The van der Waals surface area contributed by atoms with Gasteiger partial charge in [-0.3, -0.25) is 0 Å². The normalized spacial score (nSPS) is 11.0. The Labute approximate surface area is 138 Å². The van der Waals surface area contributed by atoms with Crippen LogP contribution in [0.3, 0.4) is 0 Å². The minimum atomic E-state index is 0.848. The van der Waals surface area contributed by atoms with E-state index < -0.39 is 0 Å². The highest BCUT2D eigenvalue weighted by atomic mass is 32.1. The molecule has 0 radical (unpaired) electrons. The quantitative estimate of drug-likeness (QED) is 0.560. The van der Waals surface area contributed by atoms with Crippen molar-refractivity contribution < 1.29 is 4.74 Å². The highest BCUT2D eigenvalue weighted by Gasteiger charge is 2.11. The van der Waals surface area contributed by atoms with Gasteiger partial charge >= 0.3 is 0 Å². The van der Waals surface area contributed by atoms with Crippen molar-refractivity contribution in [3.8, 4) is 28.3 Å². The van der Waals surface area contributed by atoms with E-state index in [4.69, 9.17) is 9.72 Å². The molecule has 0 aliphatic carbocycles. The zero-order valence-electron chi connectivity index (χ0n) is 12.9. The number of aryl methyl sites for hydroxylation is 1. The fourth-order valence-electron chi connectivity index (χ4n) is 2.69. The van der Waals surface area contributed by atoms with E-state index in [0.29, 0.717) is 0 Å². The molecule has 114 valence electrons. The summed E-state index contributed by atoms with van der Waals surface area (Å²) in [4.78, 5) is 9.14. The lowest BCUT2D eigenvalue weighted by Crippen LogP contribution is -1.89. The molecular weight excluding hydrogens is 306 g/mol. The number of ether oxygens (including phenoxy) is 1. The van der Waals surface area contributed by atoms with Crippen LogP contribution in [0, 0.1) is 6.92 Å². The smallest absolute Gasteiger partial charge is 0.137 e. The molecule has 4 nitrogen and oxygen atoms in total. The molecule has 0 atom stereocenters. The maximum absolute atomic E-state index is 5.22. The van der Waals surface area contributed by atoms with Crippen LogP contribution in [0.5, 0.6) is 5.75 Å². The van der Waals surface area contributed by atoms with Gasteiger partial charge in [0.25, 0.3) is 0 Å². The van der Waals surface area contributed by atoms with Crippen molar-refractivity contribution in [3.63, 3.8) is 0 Å². The molecule has 0 amide bonds. The second-order valence-electron chi connectivity index (χ2n) is 5.29. The summed E-state index contributed by atoms with van der Waals surface area (Å²) in [6.07, 6.45) is 2.10. The Balaban J connectivity index is 1.83. The molecule has 0 N–H and O–H groups in total. The molecule has 4 aromatic rings. The Bertz CT molecular complexity index is 956. The van der Waals surface area contributed by atoms with Crippen LogP contribution in [0.15, 0.2) is 53.5 Å². The number of hydrogen-bond acceptors (Lipinski definition) is 4. The molecule has 0 unspecified atom stereocenters. The minimum absolute atomic E-state index is 0.848. The van der Waals surface area contributed by atoms with Crippen LogP contribution >= 0.6 is 11.3 Å². The Morgan fingerprint density at radius 3 is 2.52 bits per heavy atom. The number of thiazole rings is 1. The first-order valence-corrected chi connectivity index (χ1v) is 8.22. The lowest BCUT2D eigenvalue weighted by Gasteiger charge is -2.03. The first-order valence-electron chi connectivity index (χ1n) is 7.28. The van der Waals surface area contributed by atoms with Gasteiger partial charge in [-0.15, -0.1) is 11.3 Å². The number of aromatic nitrogens is 3. The number of imidazole rings is 1. The van der Waals surface area contributed by atoms with Gasteiger partial charge in [-0.25, -0.2) is 9.97 Å². The number of methoxy groups -OCH3 is 1. The van der Waals surface area contributed by atoms with E-state index in [9.17, 15) is 0 Å². The van der Waals surface area contributed by atoms with E-state index in [2.05, 4.69) is 34.0 Å². The molecule has 4 rings (SSSR count). The lowest BCUT2D eigenvalue weighted by atomic mass is 10.1. The Hall–Kier alpha value is -2.66. The average Bonchev–Trinajstić information content (AvgIpc) is 3.23. The monoisotopic (exact) mass is 321 g/mol. The molecule has 0 saturated carbocycles. The van der Waals surface area contributed by atoms with Crippen molar-refractivity contribution in [1.29, 1.82) is 0 Å². The topological polar surface area (TPSA) is 39.4 Å². The van der Waals surface area contributed by atoms with Crippen molar-refractivity contribution in [3.05, 3.63) is 59.2 Å². The number of rotatable bonds is 3.